The molecule has 0 aliphatic carbocycles. The van der Waals surface area contributed by atoms with Gasteiger partial charge in [-0.3, -0.25) is 9.40 Å². The van der Waals surface area contributed by atoms with Crippen molar-refractivity contribution >= 4 is 21.7 Å². The van der Waals surface area contributed by atoms with Crippen LogP contribution in [-0.2, 0) is 21.8 Å². The van der Waals surface area contributed by atoms with Crippen molar-refractivity contribution in [3.8, 4) is 0 Å². The number of anilines is 1. The van der Waals surface area contributed by atoms with Crippen LogP contribution in [0.2, 0.25) is 0 Å². The summed E-state index contributed by atoms with van der Waals surface area (Å²) in [5.41, 5.74) is 5.61. The molecule has 0 unspecified atom stereocenters. The van der Waals surface area contributed by atoms with Gasteiger partial charge in [-0.15, -0.1) is 0 Å². The minimum absolute atomic E-state index is 0.0616. The fourth-order valence-electron chi connectivity index (χ4n) is 1.19. The summed E-state index contributed by atoms with van der Waals surface area (Å²) < 4.78 is 31.7. The van der Waals surface area contributed by atoms with E-state index in [0.29, 0.717) is 0 Å². The van der Waals surface area contributed by atoms with E-state index >= 15 is 0 Å². The highest BCUT2D eigenvalue weighted by molar-refractivity contribution is 7.92. The molecule has 0 bridgehead atoms. The molecular weight excluding hydrogens is 262 g/mol. The number of rotatable bonds is 6. The SMILES string of the molecule is COCCS(=O)(=O)Nc1c(C(N)=NO)cnn1C. The highest BCUT2D eigenvalue weighted by Gasteiger charge is 2.18. The largest absolute Gasteiger partial charge is 0.409 e. The van der Waals surface area contributed by atoms with Crippen molar-refractivity contribution in [2.75, 3.05) is 24.2 Å². The van der Waals surface area contributed by atoms with Gasteiger partial charge in [0, 0.05) is 14.2 Å². The van der Waals surface area contributed by atoms with Crippen molar-refractivity contribution in [1.82, 2.24) is 9.78 Å². The van der Waals surface area contributed by atoms with Crippen molar-refractivity contribution in [2.45, 2.75) is 0 Å². The Morgan fingerprint density at radius 2 is 2.39 bits per heavy atom. The van der Waals surface area contributed by atoms with Crippen molar-refractivity contribution in [2.24, 2.45) is 17.9 Å². The van der Waals surface area contributed by atoms with E-state index in [1.807, 2.05) is 0 Å². The highest BCUT2D eigenvalue weighted by Crippen LogP contribution is 2.15. The van der Waals surface area contributed by atoms with Gasteiger partial charge >= 0.3 is 0 Å². The number of nitrogens with two attached hydrogens (primary N) is 1. The molecule has 0 amide bonds. The molecule has 1 rings (SSSR count). The topological polar surface area (TPSA) is 132 Å². The average molecular weight is 277 g/mol. The fraction of sp³-hybridized carbons (Fsp3) is 0.500. The smallest absolute Gasteiger partial charge is 0.236 e. The third-order valence-electron chi connectivity index (χ3n) is 2.13. The highest BCUT2D eigenvalue weighted by atomic mass is 32.2. The zero-order valence-corrected chi connectivity index (χ0v) is 10.8. The van der Waals surface area contributed by atoms with E-state index in [4.69, 9.17) is 15.7 Å². The summed E-state index contributed by atoms with van der Waals surface area (Å²) in [5, 5.41) is 15.2. The molecule has 0 aliphatic rings. The molecule has 0 saturated carbocycles. The summed E-state index contributed by atoms with van der Waals surface area (Å²) in [7, 11) is -0.647. The maximum absolute atomic E-state index is 11.7. The lowest BCUT2D eigenvalue weighted by molar-refractivity contribution is 0.217. The van der Waals surface area contributed by atoms with Gasteiger partial charge in [0.1, 0.15) is 5.82 Å². The summed E-state index contributed by atoms with van der Waals surface area (Å²) >= 11 is 0. The Kier molecular flexibility index (Phi) is 4.50. The van der Waals surface area contributed by atoms with Crippen LogP contribution in [-0.4, -0.2) is 48.7 Å². The second kappa shape index (κ2) is 5.69. The number of aromatic nitrogens is 2. The third kappa shape index (κ3) is 3.34. The van der Waals surface area contributed by atoms with Gasteiger partial charge in [-0.25, -0.2) is 8.42 Å². The minimum atomic E-state index is -3.58. The van der Waals surface area contributed by atoms with Crippen LogP contribution in [0.5, 0.6) is 0 Å². The van der Waals surface area contributed by atoms with E-state index in [9.17, 15) is 8.42 Å². The molecule has 0 radical (unpaired) electrons. The van der Waals surface area contributed by atoms with Crippen LogP contribution in [0.15, 0.2) is 11.4 Å². The van der Waals surface area contributed by atoms with E-state index in [-0.39, 0.29) is 29.6 Å². The quantitative estimate of drug-likeness (QED) is 0.262. The average Bonchev–Trinajstić information content (AvgIpc) is 2.67. The predicted octanol–water partition coefficient (Wildman–Crippen LogP) is -1.10. The predicted molar refractivity (Wildman–Crippen MR) is 65.0 cm³/mol. The van der Waals surface area contributed by atoms with Crippen molar-refractivity contribution < 1.29 is 18.4 Å². The van der Waals surface area contributed by atoms with Crippen LogP contribution in [0.3, 0.4) is 0 Å². The Balaban J connectivity index is 3.01. The molecule has 4 N–H and O–H groups in total. The maximum Gasteiger partial charge on any atom is 0.236 e. The maximum atomic E-state index is 11.7. The number of hydrogen-bond acceptors (Lipinski definition) is 6. The van der Waals surface area contributed by atoms with Gasteiger partial charge in [-0.05, 0) is 0 Å². The fourth-order valence-corrected chi connectivity index (χ4v) is 2.22. The Morgan fingerprint density at radius 3 is 2.94 bits per heavy atom. The van der Waals surface area contributed by atoms with Crippen molar-refractivity contribution in [3.05, 3.63) is 11.8 Å². The lowest BCUT2D eigenvalue weighted by Gasteiger charge is -2.09. The minimum Gasteiger partial charge on any atom is -0.409 e. The van der Waals surface area contributed by atoms with Crippen LogP contribution in [0.4, 0.5) is 5.82 Å². The molecular formula is C8H15N5O4S. The van der Waals surface area contributed by atoms with E-state index in [1.165, 1.54) is 25.0 Å². The molecule has 102 valence electrons. The Morgan fingerprint density at radius 1 is 1.72 bits per heavy atom. The van der Waals surface area contributed by atoms with E-state index < -0.39 is 10.0 Å². The van der Waals surface area contributed by atoms with Gasteiger partial charge in [0.2, 0.25) is 10.0 Å². The first-order chi connectivity index (χ1) is 8.41. The normalized spacial score (nSPS) is 12.7. The second-order valence-corrected chi connectivity index (χ2v) is 5.27. The monoisotopic (exact) mass is 277 g/mol. The van der Waals surface area contributed by atoms with Crippen LogP contribution in [0.25, 0.3) is 0 Å². The lowest BCUT2D eigenvalue weighted by Crippen LogP contribution is -2.23. The van der Waals surface area contributed by atoms with E-state index in [0.717, 1.165) is 0 Å². The zero-order chi connectivity index (χ0) is 13.8. The molecule has 0 aliphatic heterocycles. The summed E-state index contributed by atoms with van der Waals surface area (Å²) in [6, 6.07) is 0. The number of nitrogens with zero attached hydrogens (tertiary/aromatic N) is 3. The van der Waals surface area contributed by atoms with Gasteiger partial charge in [0.25, 0.3) is 0 Å². The van der Waals surface area contributed by atoms with Gasteiger partial charge in [0.05, 0.1) is 24.1 Å². The summed E-state index contributed by atoms with van der Waals surface area (Å²) in [5.74, 6) is -0.307. The van der Waals surface area contributed by atoms with E-state index in [1.54, 1.807) is 0 Å². The summed E-state index contributed by atoms with van der Waals surface area (Å²) in [4.78, 5) is 0. The zero-order valence-electron chi connectivity index (χ0n) is 9.99. The van der Waals surface area contributed by atoms with E-state index in [2.05, 4.69) is 15.0 Å². The van der Waals surface area contributed by atoms with Gasteiger partial charge in [-0.1, -0.05) is 5.16 Å². The summed E-state index contributed by atoms with van der Waals surface area (Å²) in [6.45, 7) is 0.0616. The molecule has 1 heterocycles. The molecule has 1 aromatic rings. The number of aryl methyl sites for hydroxylation is 1. The first kappa shape index (κ1) is 14.3. The van der Waals surface area contributed by atoms with Gasteiger partial charge < -0.3 is 15.7 Å². The van der Waals surface area contributed by atoms with Crippen LogP contribution in [0.1, 0.15) is 5.56 Å². The van der Waals surface area contributed by atoms with Crippen LogP contribution >= 0.6 is 0 Å². The number of oxime groups is 1. The van der Waals surface area contributed by atoms with Gasteiger partial charge in [0.15, 0.2) is 5.84 Å². The first-order valence-corrected chi connectivity index (χ1v) is 6.56. The van der Waals surface area contributed by atoms with Crippen molar-refractivity contribution in [1.29, 1.82) is 0 Å². The second-order valence-electron chi connectivity index (χ2n) is 3.43. The Hall–Kier alpha value is -1.81. The molecule has 18 heavy (non-hydrogen) atoms. The molecule has 0 fully saturated rings. The third-order valence-corrected chi connectivity index (χ3v) is 3.34. The van der Waals surface area contributed by atoms with Crippen LogP contribution in [0, 0.1) is 0 Å². The summed E-state index contributed by atoms with van der Waals surface area (Å²) in [6.07, 6.45) is 1.29. The molecule has 0 saturated heterocycles. The standard InChI is InChI=1S/C8H15N5O4S/c1-13-8(6(5-10-13)7(9)11-14)12-18(15,16)4-3-17-2/h5,12,14H,3-4H2,1-2H3,(H2,9,11). The molecule has 0 aromatic carbocycles. The molecule has 10 heteroatoms. The Labute approximate surface area is 104 Å². The number of ether oxygens (including phenoxy) is 1. The number of amidine groups is 1. The molecule has 0 atom stereocenters. The number of nitrogens with one attached hydrogen (secondary N) is 1. The molecule has 0 spiro atoms. The van der Waals surface area contributed by atoms with Crippen molar-refractivity contribution in [3.63, 3.8) is 0 Å². The van der Waals surface area contributed by atoms with Crippen LogP contribution < -0.4 is 10.5 Å². The van der Waals surface area contributed by atoms with Gasteiger partial charge in [-0.2, -0.15) is 5.10 Å². The first-order valence-electron chi connectivity index (χ1n) is 4.90. The molecule has 1 aromatic heterocycles. The molecule has 9 nitrogen and oxygen atoms in total. The lowest BCUT2D eigenvalue weighted by atomic mass is 10.3. The number of sulfonamides is 1. The number of hydrogen-bond donors (Lipinski definition) is 3. The Bertz CT molecular complexity index is 536. The number of methoxy groups -OCH3 is 1.